The number of ether oxygens (including phenoxy) is 1. The molecule has 3 rings (SSSR count). The van der Waals surface area contributed by atoms with Crippen molar-refractivity contribution in [3.63, 3.8) is 0 Å². The predicted molar refractivity (Wildman–Crippen MR) is 100.0 cm³/mol. The molecule has 1 aromatic carbocycles. The van der Waals surface area contributed by atoms with E-state index in [1.54, 1.807) is 31.2 Å². The minimum absolute atomic E-state index is 0.131. The summed E-state index contributed by atoms with van der Waals surface area (Å²) in [5, 5.41) is 6.44. The zero-order valence-corrected chi connectivity index (χ0v) is 16.7. The third-order valence-electron chi connectivity index (χ3n) is 4.58. The molecule has 0 radical (unpaired) electrons. The summed E-state index contributed by atoms with van der Waals surface area (Å²) in [6.45, 7) is 4.86. The summed E-state index contributed by atoms with van der Waals surface area (Å²) in [5.41, 5.74) is 0. The number of rotatable bonds is 7. The largest absolute Gasteiger partial charge is 0.494 e. The van der Waals surface area contributed by atoms with Crippen LogP contribution in [0.15, 0.2) is 33.7 Å². The van der Waals surface area contributed by atoms with Crippen LogP contribution in [-0.2, 0) is 21.4 Å². The first kappa shape index (κ1) is 20.3. The van der Waals surface area contributed by atoms with Crippen molar-refractivity contribution in [3.05, 3.63) is 36.0 Å². The standard InChI is InChI=1S/C18H24N4O5S/c1-3-26-15-4-6-16(7-5-15)28(24,25)22-10-8-14(9-11-22)18(23)19-12-17-20-13(2)21-27-17/h4-7,14H,3,8-12H2,1-2H3,(H,19,23). The molecule has 0 aliphatic carbocycles. The SMILES string of the molecule is CCOc1ccc(S(=O)(=O)N2CCC(C(=O)NCc3nc(C)no3)CC2)cc1. The van der Waals surface area contributed by atoms with E-state index < -0.39 is 10.0 Å². The van der Waals surface area contributed by atoms with Gasteiger partial charge in [0.2, 0.25) is 21.8 Å². The number of nitrogens with zero attached hydrogens (tertiary/aromatic N) is 3. The molecule has 1 amide bonds. The van der Waals surface area contributed by atoms with Crippen LogP contribution in [0.1, 0.15) is 31.5 Å². The molecule has 0 bridgehead atoms. The lowest BCUT2D eigenvalue weighted by atomic mass is 9.97. The lowest BCUT2D eigenvalue weighted by Crippen LogP contribution is -2.42. The quantitative estimate of drug-likeness (QED) is 0.738. The van der Waals surface area contributed by atoms with Crippen LogP contribution in [0.4, 0.5) is 0 Å². The van der Waals surface area contributed by atoms with Gasteiger partial charge in [0, 0.05) is 19.0 Å². The molecule has 1 saturated heterocycles. The van der Waals surface area contributed by atoms with Gasteiger partial charge in [-0.1, -0.05) is 5.16 Å². The molecule has 1 fully saturated rings. The number of hydrogen-bond acceptors (Lipinski definition) is 7. The molecule has 1 aromatic heterocycles. The van der Waals surface area contributed by atoms with E-state index >= 15 is 0 Å². The van der Waals surface area contributed by atoms with Crippen molar-refractivity contribution in [3.8, 4) is 5.75 Å². The van der Waals surface area contributed by atoms with Gasteiger partial charge in [0.25, 0.3) is 0 Å². The van der Waals surface area contributed by atoms with E-state index in [4.69, 9.17) is 9.26 Å². The topological polar surface area (TPSA) is 115 Å². The van der Waals surface area contributed by atoms with Crippen LogP contribution < -0.4 is 10.1 Å². The van der Waals surface area contributed by atoms with E-state index in [-0.39, 0.29) is 23.3 Å². The second-order valence-electron chi connectivity index (χ2n) is 6.54. The minimum Gasteiger partial charge on any atom is -0.494 e. The molecule has 10 heteroatoms. The summed E-state index contributed by atoms with van der Waals surface area (Å²) in [6.07, 6.45) is 0.926. The molecule has 152 valence electrons. The lowest BCUT2D eigenvalue weighted by Gasteiger charge is -2.30. The normalized spacial score (nSPS) is 16.1. The maximum absolute atomic E-state index is 12.8. The molecule has 1 N–H and O–H groups in total. The van der Waals surface area contributed by atoms with Gasteiger partial charge in [-0.3, -0.25) is 4.79 Å². The van der Waals surface area contributed by atoms with E-state index in [0.29, 0.717) is 50.0 Å². The minimum atomic E-state index is -3.58. The summed E-state index contributed by atoms with van der Waals surface area (Å²) in [4.78, 5) is 16.6. The first-order valence-electron chi connectivity index (χ1n) is 9.20. The Labute approximate surface area is 164 Å². The van der Waals surface area contributed by atoms with Crippen LogP contribution in [0.3, 0.4) is 0 Å². The third kappa shape index (κ3) is 4.68. The van der Waals surface area contributed by atoms with Crippen molar-refractivity contribution in [2.45, 2.75) is 38.1 Å². The summed E-state index contributed by atoms with van der Waals surface area (Å²) in [6, 6.07) is 6.39. The number of nitrogens with one attached hydrogen (secondary N) is 1. The fourth-order valence-electron chi connectivity index (χ4n) is 3.10. The number of aromatic nitrogens is 2. The molecular formula is C18H24N4O5S. The van der Waals surface area contributed by atoms with Crippen molar-refractivity contribution in [2.24, 2.45) is 5.92 Å². The first-order valence-corrected chi connectivity index (χ1v) is 10.6. The van der Waals surface area contributed by atoms with E-state index in [0.717, 1.165) is 0 Å². The highest BCUT2D eigenvalue weighted by molar-refractivity contribution is 7.89. The molecule has 2 heterocycles. The molecule has 2 aromatic rings. The number of sulfonamides is 1. The van der Waals surface area contributed by atoms with Gasteiger partial charge < -0.3 is 14.6 Å². The van der Waals surface area contributed by atoms with Crippen molar-refractivity contribution in [1.29, 1.82) is 0 Å². The molecule has 0 spiro atoms. The molecular weight excluding hydrogens is 384 g/mol. The number of benzene rings is 1. The van der Waals surface area contributed by atoms with Gasteiger partial charge in [-0.25, -0.2) is 8.42 Å². The van der Waals surface area contributed by atoms with Gasteiger partial charge in [0.05, 0.1) is 18.0 Å². The van der Waals surface area contributed by atoms with Gasteiger partial charge in [0.15, 0.2) is 5.82 Å². The predicted octanol–water partition coefficient (Wildman–Crippen LogP) is 1.49. The summed E-state index contributed by atoms with van der Waals surface area (Å²) in [5.74, 6) is 1.12. The van der Waals surface area contributed by atoms with Crippen LogP contribution >= 0.6 is 0 Å². The summed E-state index contributed by atoms with van der Waals surface area (Å²) >= 11 is 0. The van der Waals surface area contributed by atoms with Crippen molar-refractivity contribution in [2.75, 3.05) is 19.7 Å². The molecule has 9 nitrogen and oxygen atoms in total. The van der Waals surface area contributed by atoms with Crippen molar-refractivity contribution >= 4 is 15.9 Å². The fourth-order valence-corrected chi connectivity index (χ4v) is 4.57. The number of piperidine rings is 1. The number of carbonyl (C=O) groups is 1. The highest BCUT2D eigenvalue weighted by atomic mass is 32.2. The molecule has 1 aliphatic rings. The molecule has 0 saturated carbocycles. The second kappa shape index (κ2) is 8.70. The highest BCUT2D eigenvalue weighted by Gasteiger charge is 2.32. The Hall–Kier alpha value is -2.46. The zero-order chi connectivity index (χ0) is 20.1. The Balaban J connectivity index is 1.54. The molecule has 28 heavy (non-hydrogen) atoms. The number of aryl methyl sites for hydroxylation is 1. The van der Waals surface area contributed by atoms with Gasteiger partial charge in [-0.15, -0.1) is 0 Å². The maximum Gasteiger partial charge on any atom is 0.246 e. The van der Waals surface area contributed by atoms with Crippen LogP contribution in [0, 0.1) is 12.8 Å². The Morgan fingerprint density at radius 2 is 1.96 bits per heavy atom. The Bertz CT molecular complexity index is 902. The van der Waals surface area contributed by atoms with E-state index in [1.165, 1.54) is 4.31 Å². The third-order valence-corrected chi connectivity index (χ3v) is 6.49. The van der Waals surface area contributed by atoms with Crippen LogP contribution in [0.25, 0.3) is 0 Å². The van der Waals surface area contributed by atoms with Crippen molar-refractivity contribution < 1.29 is 22.5 Å². The van der Waals surface area contributed by atoms with Gasteiger partial charge in [-0.2, -0.15) is 9.29 Å². The number of hydrogen-bond donors (Lipinski definition) is 1. The lowest BCUT2D eigenvalue weighted by molar-refractivity contribution is -0.126. The Kier molecular flexibility index (Phi) is 6.30. The van der Waals surface area contributed by atoms with Gasteiger partial charge in [-0.05, 0) is 51.0 Å². The summed E-state index contributed by atoms with van der Waals surface area (Å²) in [7, 11) is -3.58. The number of carbonyl (C=O) groups excluding carboxylic acids is 1. The zero-order valence-electron chi connectivity index (χ0n) is 15.9. The van der Waals surface area contributed by atoms with E-state index in [9.17, 15) is 13.2 Å². The highest BCUT2D eigenvalue weighted by Crippen LogP contribution is 2.25. The Morgan fingerprint density at radius 3 is 2.54 bits per heavy atom. The van der Waals surface area contributed by atoms with E-state index in [1.807, 2.05) is 6.92 Å². The van der Waals surface area contributed by atoms with Gasteiger partial charge >= 0.3 is 0 Å². The monoisotopic (exact) mass is 408 g/mol. The number of amides is 1. The average molecular weight is 408 g/mol. The second-order valence-corrected chi connectivity index (χ2v) is 8.47. The van der Waals surface area contributed by atoms with Crippen LogP contribution in [0.5, 0.6) is 5.75 Å². The molecule has 0 unspecified atom stereocenters. The smallest absolute Gasteiger partial charge is 0.246 e. The van der Waals surface area contributed by atoms with Crippen LogP contribution in [0.2, 0.25) is 0 Å². The van der Waals surface area contributed by atoms with Gasteiger partial charge in [0.1, 0.15) is 5.75 Å². The van der Waals surface area contributed by atoms with Crippen LogP contribution in [-0.4, -0.2) is 48.5 Å². The van der Waals surface area contributed by atoms with Crippen molar-refractivity contribution in [1.82, 2.24) is 19.8 Å². The Morgan fingerprint density at radius 1 is 1.29 bits per heavy atom. The fraction of sp³-hybridized carbons (Fsp3) is 0.500. The maximum atomic E-state index is 12.8. The molecule has 1 aliphatic heterocycles. The average Bonchev–Trinajstić information content (AvgIpc) is 3.12. The van der Waals surface area contributed by atoms with E-state index in [2.05, 4.69) is 15.5 Å². The first-order chi connectivity index (χ1) is 13.4. The molecule has 0 atom stereocenters. The summed E-state index contributed by atoms with van der Waals surface area (Å²) < 4.78 is 37.3.